The molecule has 0 N–H and O–H groups in total. The van der Waals surface area contributed by atoms with Crippen molar-refractivity contribution in [2.24, 2.45) is 11.8 Å². The molecule has 1 aliphatic carbocycles. The monoisotopic (exact) mass is 291 g/mol. The van der Waals surface area contributed by atoms with Gasteiger partial charge < -0.3 is 4.57 Å². The summed E-state index contributed by atoms with van der Waals surface area (Å²) in [5.74, 6) is 2.49. The molecule has 0 spiro atoms. The number of rotatable bonds is 3. The topological polar surface area (TPSA) is 30.7 Å². The number of alkyl halides is 1. The molecule has 1 saturated carbocycles. The van der Waals surface area contributed by atoms with E-state index in [1.165, 1.54) is 24.8 Å². The zero-order valence-corrected chi connectivity index (χ0v) is 13.1. The van der Waals surface area contributed by atoms with Gasteiger partial charge in [-0.1, -0.05) is 20.3 Å². The van der Waals surface area contributed by atoms with Crippen LogP contribution in [0.25, 0.3) is 11.0 Å². The second-order valence-electron chi connectivity index (χ2n) is 5.99. The summed E-state index contributed by atoms with van der Waals surface area (Å²) in [6, 6.07) is 2.58. The quantitative estimate of drug-likeness (QED) is 0.766. The third kappa shape index (κ3) is 2.12. The smallest absolute Gasteiger partial charge is 0.128 e. The summed E-state index contributed by atoms with van der Waals surface area (Å²) in [7, 11) is 0. The van der Waals surface area contributed by atoms with Gasteiger partial charge in [-0.05, 0) is 37.7 Å². The number of aromatic nitrogens is 3. The molecule has 3 rings (SSSR count). The minimum atomic E-state index is -0.0738. The first kappa shape index (κ1) is 13.9. The zero-order valence-electron chi connectivity index (χ0n) is 12.4. The van der Waals surface area contributed by atoms with Crippen LogP contribution in [0.4, 0.5) is 0 Å². The van der Waals surface area contributed by atoms with Crippen LogP contribution in [-0.4, -0.2) is 14.5 Å². The minimum Gasteiger partial charge on any atom is -0.323 e. The van der Waals surface area contributed by atoms with E-state index in [4.69, 9.17) is 16.6 Å². The molecule has 1 fully saturated rings. The molecule has 20 heavy (non-hydrogen) atoms. The van der Waals surface area contributed by atoms with Crippen LogP contribution >= 0.6 is 11.6 Å². The van der Waals surface area contributed by atoms with E-state index in [0.29, 0.717) is 12.0 Å². The molecule has 0 aliphatic heterocycles. The summed E-state index contributed by atoms with van der Waals surface area (Å²) in [5.41, 5.74) is 2.14. The van der Waals surface area contributed by atoms with Crippen molar-refractivity contribution in [3.8, 4) is 0 Å². The number of halogens is 1. The lowest BCUT2D eigenvalue weighted by atomic mass is 9.93. The van der Waals surface area contributed by atoms with Crippen LogP contribution in [0.5, 0.6) is 0 Å². The van der Waals surface area contributed by atoms with E-state index in [1.54, 1.807) is 0 Å². The highest BCUT2D eigenvalue weighted by atomic mass is 35.5. The number of hydrogen-bond donors (Lipinski definition) is 0. The van der Waals surface area contributed by atoms with Crippen LogP contribution in [0.1, 0.15) is 57.3 Å². The minimum absolute atomic E-state index is 0.0738. The Bertz CT molecular complexity index is 605. The Kier molecular flexibility index (Phi) is 3.72. The maximum absolute atomic E-state index is 6.37. The second kappa shape index (κ2) is 5.36. The molecule has 4 heteroatoms. The third-order valence-electron chi connectivity index (χ3n) is 4.91. The van der Waals surface area contributed by atoms with Gasteiger partial charge in [-0.2, -0.15) is 0 Å². The Hall–Kier alpha value is -1.09. The van der Waals surface area contributed by atoms with E-state index < -0.39 is 0 Å². The van der Waals surface area contributed by atoms with Crippen LogP contribution in [-0.2, 0) is 0 Å². The molecule has 2 aromatic heterocycles. The first-order chi connectivity index (χ1) is 9.63. The number of pyridine rings is 1. The van der Waals surface area contributed by atoms with Crippen LogP contribution in [0.15, 0.2) is 18.5 Å². The number of fused-ring (bicyclic) bond motifs is 1. The molecule has 4 atom stereocenters. The van der Waals surface area contributed by atoms with Crippen molar-refractivity contribution in [2.75, 3.05) is 0 Å². The number of imidazole rings is 1. The molecule has 0 bridgehead atoms. The van der Waals surface area contributed by atoms with Gasteiger partial charge in [-0.15, -0.1) is 11.6 Å². The summed E-state index contributed by atoms with van der Waals surface area (Å²) in [6.07, 6.45) is 7.48. The average molecular weight is 292 g/mol. The molecule has 4 unspecified atom stereocenters. The Morgan fingerprint density at radius 3 is 2.90 bits per heavy atom. The molecule has 3 nitrogen and oxygen atoms in total. The van der Waals surface area contributed by atoms with E-state index in [9.17, 15) is 0 Å². The van der Waals surface area contributed by atoms with Crippen molar-refractivity contribution < 1.29 is 0 Å². The molecule has 108 valence electrons. The SMILES string of the molecule is CCC1CCC(n2c(C(C)Cl)nc3cnccc32)C1C. The van der Waals surface area contributed by atoms with Crippen LogP contribution < -0.4 is 0 Å². The first-order valence-corrected chi connectivity index (χ1v) is 8.03. The van der Waals surface area contributed by atoms with Gasteiger partial charge in [0.25, 0.3) is 0 Å². The van der Waals surface area contributed by atoms with Crippen LogP contribution in [0.3, 0.4) is 0 Å². The highest BCUT2D eigenvalue weighted by Crippen LogP contribution is 2.44. The molecule has 0 aromatic carbocycles. The van der Waals surface area contributed by atoms with Crippen molar-refractivity contribution in [3.05, 3.63) is 24.3 Å². The van der Waals surface area contributed by atoms with Gasteiger partial charge in [-0.3, -0.25) is 4.98 Å². The second-order valence-corrected chi connectivity index (χ2v) is 6.65. The molecule has 1 aliphatic rings. The number of hydrogen-bond acceptors (Lipinski definition) is 2. The van der Waals surface area contributed by atoms with Gasteiger partial charge in [0, 0.05) is 12.2 Å². The van der Waals surface area contributed by atoms with Gasteiger partial charge in [0.15, 0.2) is 0 Å². The Labute approximate surface area is 125 Å². The maximum atomic E-state index is 6.37. The van der Waals surface area contributed by atoms with E-state index in [0.717, 1.165) is 17.3 Å². The van der Waals surface area contributed by atoms with Crippen LogP contribution in [0, 0.1) is 11.8 Å². The summed E-state index contributed by atoms with van der Waals surface area (Å²) >= 11 is 6.37. The normalized spacial score (nSPS) is 28.1. The average Bonchev–Trinajstić information content (AvgIpc) is 2.99. The third-order valence-corrected chi connectivity index (χ3v) is 5.11. The van der Waals surface area contributed by atoms with Gasteiger partial charge in [0.05, 0.1) is 17.1 Å². The van der Waals surface area contributed by atoms with E-state index in [2.05, 4.69) is 29.5 Å². The Balaban J connectivity index is 2.12. The lowest BCUT2D eigenvalue weighted by molar-refractivity contribution is 0.329. The standard InChI is InChI=1S/C16H22ClN3/c1-4-12-5-6-14(10(12)2)20-15-7-8-18-9-13(15)19-16(20)11(3)17/h7-12,14H,4-6H2,1-3H3. The van der Waals surface area contributed by atoms with Crippen molar-refractivity contribution in [2.45, 2.75) is 51.5 Å². The molecule has 0 radical (unpaired) electrons. The molecular formula is C16H22ClN3. The molecule has 2 heterocycles. The predicted molar refractivity (Wildman–Crippen MR) is 83.0 cm³/mol. The fourth-order valence-corrected chi connectivity index (χ4v) is 3.92. The van der Waals surface area contributed by atoms with Crippen molar-refractivity contribution in [3.63, 3.8) is 0 Å². The van der Waals surface area contributed by atoms with E-state index in [1.807, 2.05) is 19.3 Å². The predicted octanol–water partition coefficient (Wildman–Crippen LogP) is 4.73. The largest absolute Gasteiger partial charge is 0.323 e. The molecular weight excluding hydrogens is 270 g/mol. The maximum Gasteiger partial charge on any atom is 0.128 e. The van der Waals surface area contributed by atoms with Gasteiger partial charge in [-0.25, -0.2) is 4.98 Å². The lowest BCUT2D eigenvalue weighted by Gasteiger charge is -2.24. The zero-order chi connectivity index (χ0) is 14.3. The number of nitrogens with zero attached hydrogens (tertiary/aromatic N) is 3. The van der Waals surface area contributed by atoms with Crippen molar-refractivity contribution >= 4 is 22.6 Å². The first-order valence-electron chi connectivity index (χ1n) is 7.59. The van der Waals surface area contributed by atoms with Crippen molar-refractivity contribution in [1.29, 1.82) is 0 Å². The van der Waals surface area contributed by atoms with Gasteiger partial charge in [0.2, 0.25) is 0 Å². The fourth-order valence-electron chi connectivity index (χ4n) is 3.76. The Morgan fingerprint density at radius 2 is 2.25 bits per heavy atom. The van der Waals surface area contributed by atoms with E-state index in [-0.39, 0.29) is 5.38 Å². The molecule has 0 saturated heterocycles. The fraction of sp³-hybridized carbons (Fsp3) is 0.625. The van der Waals surface area contributed by atoms with Crippen LogP contribution in [0.2, 0.25) is 0 Å². The van der Waals surface area contributed by atoms with E-state index >= 15 is 0 Å². The van der Waals surface area contributed by atoms with Crippen molar-refractivity contribution in [1.82, 2.24) is 14.5 Å². The highest BCUT2D eigenvalue weighted by Gasteiger charge is 2.35. The summed E-state index contributed by atoms with van der Waals surface area (Å²) in [6.45, 7) is 6.68. The lowest BCUT2D eigenvalue weighted by Crippen LogP contribution is -2.18. The van der Waals surface area contributed by atoms with Gasteiger partial charge >= 0.3 is 0 Å². The van der Waals surface area contributed by atoms with Gasteiger partial charge in [0.1, 0.15) is 11.3 Å². The summed E-state index contributed by atoms with van der Waals surface area (Å²) in [4.78, 5) is 8.90. The summed E-state index contributed by atoms with van der Waals surface area (Å²) in [5, 5.41) is -0.0738. The molecule has 2 aromatic rings. The highest BCUT2D eigenvalue weighted by molar-refractivity contribution is 6.20. The Morgan fingerprint density at radius 1 is 1.45 bits per heavy atom. The molecule has 0 amide bonds. The summed E-state index contributed by atoms with van der Waals surface area (Å²) < 4.78 is 2.38.